The molecule has 1 unspecified atom stereocenters. The summed E-state index contributed by atoms with van der Waals surface area (Å²) in [5.41, 5.74) is 0.796. The van der Waals surface area contributed by atoms with Crippen molar-refractivity contribution >= 4 is 50.9 Å². The number of nitrogens with one attached hydrogen (secondary N) is 1. The van der Waals surface area contributed by atoms with Crippen LogP contribution in [0.4, 0.5) is 5.82 Å². The molecule has 0 aliphatic rings. The quantitative estimate of drug-likeness (QED) is 0.661. The second kappa shape index (κ2) is 7.47. The van der Waals surface area contributed by atoms with Crippen LogP contribution in [0, 0.1) is 0 Å². The number of nitrogens with zero attached hydrogens (tertiary/aromatic N) is 5. The number of carbonyl (C=O) groups is 1. The van der Waals surface area contributed by atoms with E-state index in [1.807, 2.05) is 24.3 Å². The molecule has 0 aliphatic heterocycles. The van der Waals surface area contributed by atoms with E-state index in [0.717, 1.165) is 10.0 Å². The molecule has 0 saturated heterocycles. The van der Waals surface area contributed by atoms with Crippen LogP contribution in [0.5, 0.6) is 0 Å². The third kappa shape index (κ3) is 4.15. The van der Waals surface area contributed by atoms with Crippen molar-refractivity contribution in [2.75, 3.05) is 5.32 Å². The minimum absolute atomic E-state index is 0.219. The molecule has 3 aromatic rings. The zero-order valence-corrected chi connectivity index (χ0v) is 15.9. The van der Waals surface area contributed by atoms with E-state index in [4.69, 9.17) is 23.2 Å². The second-order valence-corrected chi connectivity index (χ2v) is 6.85. The molecule has 10 heteroatoms. The monoisotopic (exact) mass is 440 g/mol. The summed E-state index contributed by atoms with van der Waals surface area (Å²) in [7, 11) is 0. The van der Waals surface area contributed by atoms with Gasteiger partial charge in [0, 0.05) is 16.2 Å². The molecule has 1 N–H and O–H groups in total. The van der Waals surface area contributed by atoms with Gasteiger partial charge >= 0.3 is 0 Å². The molecule has 0 radical (unpaired) electrons. The van der Waals surface area contributed by atoms with Gasteiger partial charge in [-0.15, -0.1) is 10.2 Å². The number of aromatic nitrogens is 5. The van der Waals surface area contributed by atoms with Gasteiger partial charge in [-0.3, -0.25) is 4.79 Å². The van der Waals surface area contributed by atoms with Crippen molar-refractivity contribution in [2.24, 2.45) is 0 Å². The Labute approximate surface area is 161 Å². The van der Waals surface area contributed by atoms with Crippen molar-refractivity contribution in [1.82, 2.24) is 25.2 Å². The SMILES string of the molecule is CC(C(=O)Nc1ncc(Cl)cc1Cl)n1nnc(-c2ccc(Br)cc2)n1. The summed E-state index contributed by atoms with van der Waals surface area (Å²) in [4.78, 5) is 17.6. The number of amides is 1. The van der Waals surface area contributed by atoms with Crippen LogP contribution in [0.15, 0.2) is 41.0 Å². The van der Waals surface area contributed by atoms with Crippen molar-refractivity contribution in [2.45, 2.75) is 13.0 Å². The van der Waals surface area contributed by atoms with Crippen molar-refractivity contribution < 1.29 is 4.79 Å². The molecule has 1 atom stereocenters. The van der Waals surface area contributed by atoms with Gasteiger partial charge in [0.15, 0.2) is 5.82 Å². The summed E-state index contributed by atoms with van der Waals surface area (Å²) in [6.07, 6.45) is 1.40. The molecule has 25 heavy (non-hydrogen) atoms. The Bertz CT molecular complexity index is 915. The van der Waals surface area contributed by atoms with Crippen LogP contribution in [0.1, 0.15) is 13.0 Å². The third-order valence-electron chi connectivity index (χ3n) is 3.31. The molecule has 2 aromatic heterocycles. The number of hydrogen-bond donors (Lipinski definition) is 1. The summed E-state index contributed by atoms with van der Waals surface area (Å²) >= 11 is 15.2. The number of halogens is 3. The van der Waals surface area contributed by atoms with Crippen LogP contribution in [0.3, 0.4) is 0 Å². The van der Waals surface area contributed by atoms with E-state index in [2.05, 4.69) is 41.6 Å². The first kappa shape index (κ1) is 17.8. The molecule has 1 amide bonds. The van der Waals surface area contributed by atoms with Gasteiger partial charge in [-0.2, -0.15) is 4.80 Å². The van der Waals surface area contributed by atoms with Crippen LogP contribution in [0.2, 0.25) is 10.0 Å². The largest absolute Gasteiger partial charge is 0.308 e. The fourth-order valence-corrected chi connectivity index (χ4v) is 2.63. The number of tetrazole rings is 1. The van der Waals surface area contributed by atoms with Gasteiger partial charge in [0.05, 0.1) is 10.0 Å². The van der Waals surface area contributed by atoms with Crippen LogP contribution < -0.4 is 5.32 Å². The predicted molar refractivity (Wildman–Crippen MR) is 98.6 cm³/mol. The highest BCUT2D eigenvalue weighted by Gasteiger charge is 2.20. The Hall–Kier alpha value is -2.03. The first-order valence-electron chi connectivity index (χ1n) is 7.11. The van der Waals surface area contributed by atoms with Crippen LogP contribution >= 0.6 is 39.1 Å². The number of pyridine rings is 1. The molecule has 3 rings (SSSR count). The average molecular weight is 442 g/mol. The summed E-state index contributed by atoms with van der Waals surface area (Å²) in [6.45, 7) is 1.65. The zero-order chi connectivity index (χ0) is 18.0. The van der Waals surface area contributed by atoms with Crippen molar-refractivity contribution in [3.8, 4) is 11.4 Å². The van der Waals surface area contributed by atoms with E-state index in [-0.39, 0.29) is 16.7 Å². The summed E-state index contributed by atoms with van der Waals surface area (Å²) < 4.78 is 0.948. The third-order valence-corrected chi connectivity index (χ3v) is 4.33. The molecule has 0 aliphatic carbocycles. The van der Waals surface area contributed by atoms with Crippen LogP contribution in [0.25, 0.3) is 11.4 Å². The van der Waals surface area contributed by atoms with Gasteiger partial charge in [0.25, 0.3) is 5.91 Å². The van der Waals surface area contributed by atoms with Crippen LogP contribution in [-0.2, 0) is 4.79 Å². The lowest BCUT2D eigenvalue weighted by Crippen LogP contribution is -2.26. The minimum atomic E-state index is -0.703. The zero-order valence-electron chi connectivity index (χ0n) is 12.8. The number of rotatable bonds is 4. The average Bonchev–Trinajstić information content (AvgIpc) is 3.07. The van der Waals surface area contributed by atoms with Crippen molar-refractivity contribution in [3.05, 3.63) is 51.0 Å². The van der Waals surface area contributed by atoms with Crippen LogP contribution in [-0.4, -0.2) is 31.1 Å². The highest BCUT2D eigenvalue weighted by atomic mass is 79.9. The molecule has 1 aromatic carbocycles. The van der Waals surface area contributed by atoms with Gasteiger partial charge < -0.3 is 5.32 Å². The summed E-state index contributed by atoms with van der Waals surface area (Å²) in [5, 5.41) is 15.4. The Kier molecular flexibility index (Phi) is 5.31. The highest BCUT2D eigenvalue weighted by molar-refractivity contribution is 9.10. The first-order chi connectivity index (χ1) is 11.9. The minimum Gasteiger partial charge on any atom is -0.308 e. The molecular formula is C15H11BrCl2N6O. The van der Waals surface area contributed by atoms with Gasteiger partial charge in [0.2, 0.25) is 5.82 Å². The standard InChI is InChI=1S/C15H11BrCl2N6O/c1-8(15(25)20-14-12(18)6-11(17)7-19-14)24-22-13(21-23-24)9-2-4-10(16)5-3-9/h2-8H,1H3,(H,19,20,25). The van der Waals surface area contributed by atoms with Gasteiger partial charge in [-0.1, -0.05) is 39.1 Å². The Morgan fingerprint density at radius 2 is 2.00 bits per heavy atom. The Balaban J connectivity index is 1.75. The van der Waals surface area contributed by atoms with E-state index >= 15 is 0 Å². The summed E-state index contributed by atoms with van der Waals surface area (Å²) in [6, 6.07) is 8.25. The molecule has 0 fully saturated rings. The predicted octanol–water partition coefficient (Wildman–Crippen LogP) is 4.00. The normalized spacial score (nSPS) is 12.0. The molecule has 0 bridgehead atoms. The lowest BCUT2D eigenvalue weighted by molar-refractivity contribution is -0.119. The Morgan fingerprint density at radius 1 is 1.28 bits per heavy atom. The lowest BCUT2D eigenvalue weighted by atomic mass is 10.2. The van der Waals surface area contributed by atoms with E-state index in [1.54, 1.807) is 6.92 Å². The van der Waals surface area contributed by atoms with E-state index in [0.29, 0.717) is 10.8 Å². The summed E-state index contributed by atoms with van der Waals surface area (Å²) in [5.74, 6) is 0.266. The lowest BCUT2D eigenvalue weighted by Gasteiger charge is -2.11. The maximum absolute atomic E-state index is 12.4. The molecule has 7 nitrogen and oxygen atoms in total. The number of carbonyl (C=O) groups excluding carboxylic acids is 1. The van der Waals surface area contributed by atoms with Crippen molar-refractivity contribution in [3.63, 3.8) is 0 Å². The first-order valence-corrected chi connectivity index (χ1v) is 8.66. The van der Waals surface area contributed by atoms with E-state index in [1.165, 1.54) is 17.1 Å². The van der Waals surface area contributed by atoms with Gasteiger partial charge in [-0.25, -0.2) is 4.98 Å². The number of hydrogen-bond acceptors (Lipinski definition) is 5. The Morgan fingerprint density at radius 3 is 2.68 bits per heavy atom. The molecular weight excluding hydrogens is 431 g/mol. The van der Waals surface area contributed by atoms with E-state index in [9.17, 15) is 4.79 Å². The molecule has 0 saturated carbocycles. The molecule has 0 spiro atoms. The second-order valence-electron chi connectivity index (χ2n) is 5.09. The van der Waals surface area contributed by atoms with E-state index < -0.39 is 6.04 Å². The topological polar surface area (TPSA) is 85.6 Å². The fraction of sp³-hybridized carbons (Fsp3) is 0.133. The molecule has 2 heterocycles. The molecule has 128 valence electrons. The highest BCUT2D eigenvalue weighted by Crippen LogP contribution is 2.23. The fourth-order valence-electron chi connectivity index (χ4n) is 1.94. The maximum Gasteiger partial charge on any atom is 0.252 e. The van der Waals surface area contributed by atoms with Crippen molar-refractivity contribution in [1.29, 1.82) is 0 Å². The maximum atomic E-state index is 12.4. The number of benzene rings is 1. The number of anilines is 1. The smallest absolute Gasteiger partial charge is 0.252 e. The van der Waals surface area contributed by atoms with Gasteiger partial charge in [-0.05, 0) is 42.5 Å². The van der Waals surface area contributed by atoms with Gasteiger partial charge in [0.1, 0.15) is 6.04 Å².